The van der Waals surface area contributed by atoms with Crippen LogP contribution in [0.4, 0.5) is 0 Å². The topological polar surface area (TPSA) is 38.3 Å². The lowest BCUT2D eigenvalue weighted by Gasteiger charge is -2.27. The van der Waals surface area contributed by atoms with Gasteiger partial charge in [-0.1, -0.05) is 39.0 Å². The number of amides is 1. The number of ether oxygens (including phenoxy) is 1. The molecule has 0 aliphatic carbocycles. The normalized spacial score (nSPS) is 18.4. The van der Waals surface area contributed by atoms with Crippen molar-refractivity contribution < 1.29 is 9.53 Å². The molecule has 2 rings (SSSR count). The lowest BCUT2D eigenvalue weighted by Crippen LogP contribution is -2.34. The number of benzene rings is 1. The molecule has 104 valence electrons. The van der Waals surface area contributed by atoms with E-state index < -0.39 is 0 Å². The number of rotatable bonds is 3. The Bertz CT molecular complexity index is 454. The molecule has 0 radical (unpaired) electrons. The molecular weight excluding hydrogens is 258 g/mol. The summed E-state index contributed by atoms with van der Waals surface area (Å²) in [5.41, 5.74) is 1.09. The minimum absolute atomic E-state index is 0.0815. The molecule has 0 saturated carbocycles. The summed E-state index contributed by atoms with van der Waals surface area (Å²) >= 11 is 1.67. The van der Waals surface area contributed by atoms with Crippen molar-refractivity contribution in [3.05, 3.63) is 29.8 Å². The van der Waals surface area contributed by atoms with Gasteiger partial charge in [-0.2, -0.15) is 0 Å². The van der Waals surface area contributed by atoms with E-state index in [0.717, 1.165) is 17.7 Å². The first kappa shape index (κ1) is 14.3. The SMILES string of the molecule is CC(C)(C)SCC(=O)N[C@H]1CCOc2ccccc21. The smallest absolute Gasteiger partial charge is 0.230 e. The van der Waals surface area contributed by atoms with Crippen molar-refractivity contribution in [3.8, 4) is 5.75 Å². The Labute approximate surface area is 119 Å². The number of hydrogen-bond acceptors (Lipinski definition) is 3. The molecule has 1 heterocycles. The molecule has 0 unspecified atom stereocenters. The largest absolute Gasteiger partial charge is 0.493 e. The van der Waals surface area contributed by atoms with Crippen molar-refractivity contribution in [3.63, 3.8) is 0 Å². The van der Waals surface area contributed by atoms with Gasteiger partial charge in [0.15, 0.2) is 0 Å². The summed E-state index contributed by atoms with van der Waals surface area (Å²) in [6.45, 7) is 7.02. The molecule has 1 aromatic carbocycles. The van der Waals surface area contributed by atoms with Crippen LogP contribution < -0.4 is 10.1 Å². The minimum Gasteiger partial charge on any atom is -0.493 e. The molecule has 1 aliphatic rings. The number of carbonyl (C=O) groups is 1. The van der Waals surface area contributed by atoms with Crippen LogP contribution in [0.3, 0.4) is 0 Å². The molecule has 0 saturated heterocycles. The Hall–Kier alpha value is -1.16. The van der Waals surface area contributed by atoms with Gasteiger partial charge in [-0.25, -0.2) is 0 Å². The quantitative estimate of drug-likeness (QED) is 0.923. The Morgan fingerprint density at radius 2 is 2.16 bits per heavy atom. The molecular formula is C15H21NO2S. The average molecular weight is 279 g/mol. The number of carbonyl (C=O) groups excluding carboxylic acids is 1. The zero-order valence-electron chi connectivity index (χ0n) is 11.7. The third-order valence-electron chi connectivity index (χ3n) is 2.93. The van der Waals surface area contributed by atoms with Crippen molar-refractivity contribution in [1.29, 1.82) is 0 Å². The van der Waals surface area contributed by atoms with Crippen LogP contribution in [0.2, 0.25) is 0 Å². The van der Waals surface area contributed by atoms with E-state index in [1.165, 1.54) is 0 Å². The Morgan fingerprint density at radius 1 is 1.42 bits per heavy atom. The second-order valence-corrected chi connectivity index (χ2v) is 7.50. The van der Waals surface area contributed by atoms with Crippen molar-refractivity contribution in [1.82, 2.24) is 5.32 Å². The molecule has 0 spiro atoms. The third-order valence-corrected chi connectivity index (χ3v) is 4.20. The standard InChI is InChI=1S/C15H21NO2S/c1-15(2,3)19-10-14(17)16-12-8-9-18-13-7-5-4-6-11(12)13/h4-7,12H,8-10H2,1-3H3,(H,16,17)/t12-/m0/s1. The minimum atomic E-state index is 0.0815. The first-order chi connectivity index (χ1) is 8.96. The molecule has 1 aliphatic heterocycles. The number of nitrogens with one attached hydrogen (secondary N) is 1. The van der Waals surface area contributed by atoms with E-state index in [2.05, 4.69) is 26.1 Å². The van der Waals surface area contributed by atoms with E-state index in [9.17, 15) is 4.79 Å². The average Bonchev–Trinajstić information content (AvgIpc) is 2.36. The summed E-state index contributed by atoms with van der Waals surface area (Å²) in [4.78, 5) is 12.0. The van der Waals surface area contributed by atoms with Crippen molar-refractivity contribution >= 4 is 17.7 Å². The summed E-state index contributed by atoms with van der Waals surface area (Å²) in [5, 5.41) is 3.11. The predicted molar refractivity (Wildman–Crippen MR) is 79.6 cm³/mol. The molecule has 0 bridgehead atoms. The number of fused-ring (bicyclic) bond motifs is 1. The molecule has 1 N–H and O–H groups in total. The first-order valence-corrected chi connectivity index (χ1v) is 7.59. The predicted octanol–water partition coefficient (Wildman–Crippen LogP) is 3.16. The lowest BCUT2D eigenvalue weighted by molar-refractivity contribution is -0.119. The molecule has 19 heavy (non-hydrogen) atoms. The fraction of sp³-hybridized carbons (Fsp3) is 0.533. The van der Waals surface area contributed by atoms with Crippen LogP contribution in [-0.4, -0.2) is 23.0 Å². The van der Waals surface area contributed by atoms with Crippen LogP contribution in [0.15, 0.2) is 24.3 Å². The van der Waals surface area contributed by atoms with Crippen molar-refractivity contribution in [2.45, 2.75) is 38.0 Å². The highest BCUT2D eigenvalue weighted by Gasteiger charge is 2.23. The zero-order valence-corrected chi connectivity index (χ0v) is 12.5. The van der Waals surface area contributed by atoms with Gasteiger partial charge in [0.05, 0.1) is 18.4 Å². The van der Waals surface area contributed by atoms with Gasteiger partial charge in [0.1, 0.15) is 5.75 Å². The number of thioether (sulfide) groups is 1. The van der Waals surface area contributed by atoms with Gasteiger partial charge >= 0.3 is 0 Å². The van der Waals surface area contributed by atoms with Crippen LogP contribution in [0.5, 0.6) is 5.75 Å². The van der Waals surface area contributed by atoms with Crippen molar-refractivity contribution in [2.24, 2.45) is 0 Å². The zero-order chi connectivity index (χ0) is 13.9. The molecule has 1 aromatic rings. The van der Waals surface area contributed by atoms with Gasteiger partial charge in [-0.3, -0.25) is 4.79 Å². The third kappa shape index (κ3) is 4.16. The van der Waals surface area contributed by atoms with E-state index >= 15 is 0 Å². The highest BCUT2D eigenvalue weighted by atomic mass is 32.2. The second-order valence-electron chi connectivity index (χ2n) is 5.70. The monoisotopic (exact) mass is 279 g/mol. The highest BCUT2D eigenvalue weighted by molar-refractivity contribution is 8.01. The summed E-state index contributed by atoms with van der Waals surface area (Å²) in [6.07, 6.45) is 0.836. The maximum Gasteiger partial charge on any atom is 0.230 e. The molecule has 3 nitrogen and oxygen atoms in total. The summed E-state index contributed by atoms with van der Waals surface area (Å²) < 4.78 is 5.71. The van der Waals surface area contributed by atoms with Gasteiger partial charge in [0.25, 0.3) is 0 Å². The van der Waals surface area contributed by atoms with Crippen LogP contribution in [0, 0.1) is 0 Å². The van der Waals surface area contributed by atoms with Crippen LogP contribution in [0.25, 0.3) is 0 Å². The fourth-order valence-corrected chi connectivity index (χ4v) is 2.66. The maximum atomic E-state index is 12.0. The van der Waals surface area contributed by atoms with E-state index in [4.69, 9.17) is 4.74 Å². The van der Waals surface area contributed by atoms with Crippen LogP contribution in [-0.2, 0) is 4.79 Å². The van der Waals surface area contributed by atoms with Gasteiger partial charge in [-0.15, -0.1) is 11.8 Å². The molecule has 1 amide bonds. The number of hydrogen-bond donors (Lipinski definition) is 1. The van der Waals surface area contributed by atoms with Crippen molar-refractivity contribution in [2.75, 3.05) is 12.4 Å². The van der Waals surface area contributed by atoms with E-state index in [1.807, 2.05) is 24.3 Å². The van der Waals surface area contributed by atoms with Crippen LogP contribution >= 0.6 is 11.8 Å². The fourth-order valence-electron chi connectivity index (χ4n) is 2.01. The lowest BCUT2D eigenvalue weighted by atomic mass is 10.0. The van der Waals surface area contributed by atoms with E-state index in [0.29, 0.717) is 12.4 Å². The molecule has 0 fully saturated rings. The van der Waals surface area contributed by atoms with E-state index in [-0.39, 0.29) is 16.7 Å². The molecule has 0 aromatic heterocycles. The Morgan fingerprint density at radius 3 is 2.89 bits per heavy atom. The first-order valence-electron chi connectivity index (χ1n) is 6.61. The Balaban J connectivity index is 1.95. The summed E-state index contributed by atoms with van der Waals surface area (Å²) in [6, 6.07) is 8.00. The highest BCUT2D eigenvalue weighted by Crippen LogP contribution is 2.31. The Kier molecular flexibility index (Phi) is 4.40. The molecule has 1 atom stereocenters. The molecule has 4 heteroatoms. The van der Waals surface area contributed by atoms with Crippen LogP contribution in [0.1, 0.15) is 38.8 Å². The van der Waals surface area contributed by atoms with E-state index in [1.54, 1.807) is 11.8 Å². The maximum absolute atomic E-state index is 12.0. The van der Waals surface area contributed by atoms with Gasteiger partial charge in [-0.05, 0) is 6.07 Å². The number of para-hydroxylation sites is 1. The van der Waals surface area contributed by atoms with Gasteiger partial charge in [0, 0.05) is 16.7 Å². The second kappa shape index (κ2) is 5.87. The summed E-state index contributed by atoms with van der Waals surface area (Å²) in [7, 11) is 0. The van der Waals surface area contributed by atoms with Gasteiger partial charge < -0.3 is 10.1 Å². The van der Waals surface area contributed by atoms with Gasteiger partial charge in [0.2, 0.25) is 5.91 Å². The summed E-state index contributed by atoms with van der Waals surface area (Å²) in [5.74, 6) is 1.49.